The molecule has 1 saturated carbocycles. The van der Waals surface area contributed by atoms with E-state index in [9.17, 15) is 14.7 Å². The zero-order valence-corrected chi connectivity index (χ0v) is 11.7. The van der Waals surface area contributed by atoms with E-state index >= 15 is 0 Å². The number of carbonyl (C=O) groups excluding carboxylic acids is 1. The van der Waals surface area contributed by atoms with Crippen molar-refractivity contribution < 1.29 is 14.7 Å². The zero-order chi connectivity index (χ0) is 13.8. The maximum Gasteiger partial charge on any atom is 0.329 e. The second-order valence-corrected chi connectivity index (χ2v) is 5.68. The lowest BCUT2D eigenvalue weighted by Gasteiger charge is -2.33. The predicted octanol–water partition coefficient (Wildman–Crippen LogP) is 2.72. The summed E-state index contributed by atoms with van der Waals surface area (Å²) in [5, 5.41) is 12.1. The van der Waals surface area contributed by atoms with E-state index in [1.54, 1.807) is 6.92 Å². The molecule has 0 spiro atoms. The van der Waals surface area contributed by atoms with Crippen molar-refractivity contribution in [1.29, 1.82) is 0 Å². The molecule has 0 aromatic rings. The average molecular weight is 255 g/mol. The van der Waals surface area contributed by atoms with Gasteiger partial charge in [-0.15, -0.1) is 0 Å². The fourth-order valence-corrected chi connectivity index (χ4v) is 2.90. The van der Waals surface area contributed by atoms with Crippen LogP contribution < -0.4 is 5.32 Å². The lowest BCUT2D eigenvalue weighted by Crippen LogP contribution is -2.55. The Morgan fingerprint density at radius 1 is 1.28 bits per heavy atom. The van der Waals surface area contributed by atoms with E-state index in [0.29, 0.717) is 6.42 Å². The van der Waals surface area contributed by atoms with Crippen molar-refractivity contribution in [2.45, 2.75) is 71.3 Å². The summed E-state index contributed by atoms with van der Waals surface area (Å²) < 4.78 is 0. The number of carboxylic acid groups (broad SMARTS) is 1. The second-order valence-electron chi connectivity index (χ2n) is 5.68. The van der Waals surface area contributed by atoms with Gasteiger partial charge in [-0.1, -0.05) is 33.1 Å². The molecular weight excluding hydrogens is 230 g/mol. The van der Waals surface area contributed by atoms with Gasteiger partial charge in [-0.3, -0.25) is 4.79 Å². The number of rotatable bonds is 6. The fourth-order valence-electron chi connectivity index (χ4n) is 2.90. The third kappa shape index (κ3) is 2.85. The number of carboxylic acids is 1. The van der Waals surface area contributed by atoms with Crippen LogP contribution in [0.25, 0.3) is 0 Å². The first-order chi connectivity index (χ1) is 8.40. The monoisotopic (exact) mass is 255 g/mol. The van der Waals surface area contributed by atoms with Gasteiger partial charge in [0.25, 0.3) is 0 Å². The minimum atomic E-state index is -1.13. The zero-order valence-electron chi connectivity index (χ0n) is 11.7. The third-order valence-corrected chi connectivity index (χ3v) is 4.33. The van der Waals surface area contributed by atoms with Crippen molar-refractivity contribution in [1.82, 2.24) is 5.32 Å². The average Bonchev–Trinajstić information content (AvgIpc) is 2.78. The lowest BCUT2D eigenvalue weighted by atomic mass is 9.81. The maximum atomic E-state index is 12.4. The van der Waals surface area contributed by atoms with Crippen LogP contribution in [0.15, 0.2) is 0 Å². The summed E-state index contributed by atoms with van der Waals surface area (Å²) in [7, 11) is 0. The van der Waals surface area contributed by atoms with Crippen LogP contribution >= 0.6 is 0 Å². The van der Waals surface area contributed by atoms with Crippen LogP contribution in [-0.4, -0.2) is 22.5 Å². The van der Waals surface area contributed by atoms with E-state index in [4.69, 9.17) is 0 Å². The third-order valence-electron chi connectivity index (χ3n) is 4.33. The SMILES string of the molecule is CCCC(C)(NC(=O)C1(CC)CCCC1)C(=O)O. The van der Waals surface area contributed by atoms with E-state index in [1.165, 1.54) is 0 Å². The van der Waals surface area contributed by atoms with E-state index < -0.39 is 11.5 Å². The summed E-state index contributed by atoms with van der Waals surface area (Å²) >= 11 is 0. The molecule has 1 atom stereocenters. The minimum absolute atomic E-state index is 0.0687. The van der Waals surface area contributed by atoms with Crippen molar-refractivity contribution >= 4 is 11.9 Å². The maximum absolute atomic E-state index is 12.4. The molecule has 4 nitrogen and oxygen atoms in total. The van der Waals surface area contributed by atoms with Crippen LogP contribution in [0.3, 0.4) is 0 Å². The van der Waals surface area contributed by atoms with Crippen LogP contribution in [0.4, 0.5) is 0 Å². The highest BCUT2D eigenvalue weighted by atomic mass is 16.4. The van der Waals surface area contributed by atoms with Crippen molar-refractivity contribution in [2.24, 2.45) is 5.41 Å². The predicted molar refractivity (Wildman–Crippen MR) is 70.3 cm³/mol. The Morgan fingerprint density at radius 2 is 1.83 bits per heavy atom. The van der Waals surface area contributed by atoms with E-state index in [1.807, 2.05) is 13.8 Å². The van der Waals surface area contributed by atoms with Gasteiger partial charge in [0, 0.05) is 5.41 Å². The Morgan fingerprint density at radius 3 is 2.22 bits per heavy atom. The van der Waals surface area contributed by atoms with Crippen molar-refractivity contribution in [3.8, 4) is 0 Å². The van der Waals surface area contributed by atoms with Crippen molar-refractivity contribution in [3.05, 3.63) is 0 Å². The molecule has 4 heteroatoms. The number of carbonyl (C=O) groups is 2. The molecule has 2 N–H and O–H groups in total. The molecule has 18 heavy (non-hydrogen) atoms. The second kappa shape index (κ2) is 5.72. The molecule has 0 aromatic heterocycles. The van der Waals surface area contributed by atoms with Gasteiger partial charge in [0.05, 0.1) is 0 Å². The molecule has 1 fully saturated rings. The van der Waals surface area contributed by atoms with Crippen LogP contribution in [0.2, 0.25) is 0 Å². The Balaban J connectivity index is 2.81. The standard InChI is InChI=1S/C14H25NO3/c1-4-8-13(3,12(17)18)15-11(16)14(5-2)9-6-7-10-14/h4-10H2,1-3H3,(H,15,16)(H,17,18). The van der Waals surface area contributed by atoms with E-state index in [-0.39, 0.29) is 11.3 Å². The molecule has 0 saturated heterocycles. The molecule has 1 amide bonds. The smallest absolute Gasteiger partial charge is 0.329 e. The van der Waals surface area contributed by atoms with Gasteiger partial charge >= 0.3 is 5.97 Å². The van der Waals surface area contributed by atoms with Gasteiger partial charge in [0.1, 0.15) is 5.54 Å². The highest BCUT2D eigenvalue weighted by Gasteiger charge is 2.43. The Labute approximate surface area is 109 Å². The molecule has 1 rings (SSSR count). The van der Waals surface area contributed by atoms with Crippen molar-refractivity contribution in [3.63, 3.8) is 0 Å². The van der Waals surface area contributed by atoms with Crippen LogP contribution in [0.1, 0.15) is 65.7 Å². The summed E-state index contributed by atoms with van der Waals surface area (Å²) in [6.07, 6.45) is 5.91. The number of hydrogen-bond donors (Lipinski definition) is 2. The molecule has 104 valence electrons. The molecule has 0 bridgehead atoms. The number of nitrogens with one attached hydrogen (secondary N) is 1. The number of amides is 1. The molecule has 1 aliphatic carbocycles. The minimum Gasteiger partial charge on any atom is -0.480 e. The first-order valence-corrected chi connectivity index (χ1v) is 6.96. The molecule has 0 aromatic carbocycles. The summed E-state index contributed by atoms with van der Waals surface area (Å²) in [5.74, 6) is -1.01. The van der Waals surface area contributed by atoms with Gasteiger partial charge in [0.2, 0.25) is 5.91 Å². The van der Waals surface area contributed by atoms with Gasteiger partial charge in [-0.2, -0.15) is 0 Å². The van der Waals surface area contributed by atoms with E-state index in [0.717, 1.165) is 38.5 Å². The van der Waals surface area contributed by atoms with Gasteiger partial charge in [-0.25, -0.2) is 4.79 Å². The molecule has 0 radical (unpaired) electrons. The normalized spacial score (nSPS) is 21.3. The topological polar surface area (TPSA) is 66.4 Å². The lowest BCUT2D eigenvalue weighted by molar-refractivity contribution is -0.149. The first-order valence-electron chi connectivity index (χ1n) is 6.96. The molecule has 0 heterocycles. The van der Waals surface area contributed by atoms with Gasteiger partial charge in [-0.05, 0) is 32.6 Å². The molecular formula is C14H25NO3. The summed E-state index contributed by atoms with van der Waals surface area (Å²) in [4.78, 5) is 23.8. The van der Waals surface area contributed by atoms with Crippen LogP contribution in [-0.2, 0) is 9.59 Å². The Bertz CT molecular complexity index is 321. The quantitative estimate of drug-likeness (QED) is 0.767. The summed E-state index contributed by atoms with van der Waals surface area (Å²) in [5.41, 5.74) is -1.46. The largest absolute Gasteiger partial charge is 0.480 e. The summed E-state index contributed by atoms with van der Waals surface area (Å²) in [6.45, 7) is 5.55. The highest BCUT2D eigenvalue weighted by Crippen LogP contribution is 2.41. The molecule has 1 aliphatic rings. The van der Waals surface area contributed by atoms with E-state index in [2.05, 4.69) is 5.32 Å². The van der Waals surface area contributed by atoms with Crippen LogP contribution in [0, 0.1) is 5.41 Å². The molecule has 1 unspecified atom stereocenters. The van der Waals surface area contributed by atoms with Gasteiger partial charge in [0.15, 0.2) is 0 Å². The Kier molecular flexibility index (Phi) is 4.77. The number of hydrogen-bond acceptors (Lipinski definition) is 2. The van der Waals surface area contributed by atoms with Gasteiger partial charge < -0.3 is 10.4 Å². The fraction of sp³-hybridized carbons (Fsp3) is 0.857. The van der Waals surface area contributed by atoms with Crippen LogP contribution in [0.5, 0.6) is 0 Å². The van der Waals surface area contributed by atoms with Crippen molar-refractivity contribution in [2.75, 3.05) is 0 Å². The first kappa shape index (κ1) is 15.0. The Hall–Kier alpha value is -1.06. The summed E-state index contributed by atoms with van der Waals surface area (Å²) in [6, 6.07) is 0. The number of aliphatic carboxylic acids is 1. The molecule has 0 aliphatic heterocycles. The highest BCUT2D eigenvalue weighted by molar-refractivity contribution is 5.89.